The number of rotatable bonds is 0. The van der Waals surface area contributed by atoms with Gasteiger partial charge in [-0.05, 0) is 74.2 Å². The topological polar surface area (TPSA) is 7.12 Å². The molecule has 0 atom stereocenters. The molecule has 134 valence electrons. The molecule has 0 bridgehead atoms. The first-order valence-electron chi connectivity index (χ1n) is 9.59. The predicted molar refractivity (Wildman–Crippen MR) is 115 cm³/mol. The van der Waals surface area contributed by atoms with Crippen molar-refractivity contribution in [3.8, 4) is 11.3 Å². The van der Waals surface area contributed by atoms with Crippen LogP contribution in [0.5, 0.6) is 0 Å². The zero-order chi connectivity index (χ0) is 19.0. The molecular formula is C25H25N2+. The third-order valence-corrected chi connectivity index (χ3v) is 6.23. The van der Waals surface area contributed by atoms with Crippen LogP contribution in [0.3, 0.4) is 0 Å². The second-order valence-electron chi connectivity index (χ2n) is 8.15. The van der Waals surface area contributed by atoms with Gasteiger partial charge in [-0.1, -0.05) is 12.1 Å². The highest BCUT2D eigenvalue weighted by Gasteiger charge is 2.31. The Bertz CT molecular complexity index is 1280. The second-order valence-corrected chi connectivity index (χ2v) is 8.15. The van der Waals surface area contributed by atoms with Crippen molar-refractivity contribution in [2.75, 3.05) is 11.9 Å². The lowest BCUT2D eigenvalue weighted by Gasteiger charge is -2.29. The van der Waals surface area contributed by atoms with Crippen LogP contribution in [0.1, 0.15) is 22.3 Å². The van der Waals surface area contributed by atoms with E-state index >= 15 is 0 Å². The largest absolute Gasteiger partial charge is 0.343 e. The van der Waals surface area contributed by atoms with Crippen LogP contribution in [0.15, 0.2) is 42.5 Å². The van der Waals surface area contributed by atoms with Crippen molar-refractivity contribution in [3.05, 3.63) is 64.7 Å². The molecule has 2 nitrogen and oxygen atoms in total. The van der Waals surface area contributed by atoms with Crippen molar-refractivity contribution < 1.29 is 4.57 Å². The minimum Gasteiger partial charge on any atom is -0.343 e. The van der Waals surface area contributed by atoms with Crippen LogP contribution in [-0.2, 0) is 7.05 Å². The second kappa shape index (κ2) is 5.32. The van der Waals surface area contributed by atoms with E-state index in [0.29, 0.717) is 0 Å². The molecule has 0 fully saturated rings. The maximum absolute atomic E-state index is 2.39. The van der Waals surface area contributed by atoms with E-state index < -0.39 is 0 Å². The molecule has 1 aromatic heterocycles. The van der Waals surface area contributed by atoms with Gasteiger partial charge in [0, 0.05) is 18.5 Å². The number of nitrogens with zero attached hydrogens (tertiary/aromatic N) is 2. The molecule has 5 rings (SSSR count). The Balaban J connectivity index is 2.10. The fourth-order valence-corrected chi connectivity index (χ4v) is 4.64. The fourth-order valence-electron chi connectivity index (χ4n) is 4.64. The Labute approximate surface area is 160 Å². The Hall–Kier alpha value is -2.87. The summed E-state index contributed by atoms with van der Waals surface area (Å²) >= 11 is 0. The normalized spacial score (nSPS) is 12.7. The monoisotopic (exact) mass is 353 g/mol. The summed E-state index contributed by atoms with van der Waals surface area (Å²) in [5.74, 6) is 0. The number of benzene rings is 3. The highest BCUT2D eigenvalue weighted by Crippen LogP contribution is 2.47. The smallest absolute Gasteiger partial charge is 0.224 e. The molecular weight excluding hydrogens is 328 g/mol. The van der Waals surface area contributed by atoms with E-state index in [4.69, 9.17) is 0 Å². The Morgan fingerprint density at radius 2 is 1.44 bits per heavy atom. The first kappa shape index (κ1) is 16.3. The summed E-state index contributed by atoms with van der Waals surface area (Å²) in [7, 11) is 4.41. The Morgan fingerprint density at radius 1 is 0.741 bits per heavy atom. The van der Waals surface area contributed by atoms with Crippen molar-refractivity contribution in [2.24, 2.45) is 7.05 Å². The molecule has 0 unspecified atom stereocenters. The number of hydrogen-bond acceptors (Lipinski definition) is 1. The van der Waals surface area contributed by atoms with Gasteiger partial charge in [-0.15, -0.1) is 0 Å². The maximum Gasteiger partial charge on any atom is 0.224 e. The summed E-state index contributed by atoms with van der Waals surface area (Å²) in [6.45, 7) is 8.79. The summed E-state index contributed by atoms with van der Waals surface area (Å²) in [5, 5.41) is 4.06. The van der Waals surface area contributed by atoms with E-state index in [-0.39, 0.29) is 0 Å². The van der Waals surface area contributed by atoms with Crippen LogP contribution in [0, 0.1) is 27.7 Å². The summed E-state index contributed by atoms with van der Waals surface area (Å²) < 4.78 is 2.39. The molecule has 0 saturated heterocycles. The molecule has 27 heavy (non-hydrogen) atoms. The van der Waals surface area contributed by atoms with Gasteiger partial charge in [-0.25, -0.2) is 0 Å². The van der Waals surface area contributed by atoms with Crippen molar-refractivity contribution in [3.63, 3.8) is 0 Å². The predicted octanol–water partition coefficient (Wildman–Crippen LogP) is 5.80. The van der Waals surface area contributed by atoms with Gasteiger partial charge in [-0.3, -0.25) is 0 Å². The van der Waals surface area contributed by atoms with Gasteiger partial charge in [0.05, 0.1) is 27.7 Å². The molecule has 0 N–H and O–H groups in total. The van der Waals surface area contributed by atoms with E-state index in [9.17, 15) is 0 Å². The summed E-state index contributed by atoms with van der Waals surface area (Å²) in [6.07, 6.45) is 0. The van der Waals surface area contributed by atoms with E-state index in [0.717, 1.165) is 0 Å². The van der Waals surface area contributed by atoms with Gasteiger partial charge in [0.2, 0.25) is 11.2 Å². The van der Waals surface area contributed by atoms with Gasteiger partial charge in [0.25, 0.3) is 0 Å². The van der Waals surface area contributed by atoms with Crippen LogP contribution in [-0.4, -0.2) is 7.05 Å². The van der Waals surface area contributed by atoms with E-state index in [1.165, 1.54) is 66.6 Å². The quantitative estimate of drug-likeness (QED) is 0.286. The number of hydrogen-bond donors (Lipinski definition) is 0. The molecule has 0 saturated carbocycles. The number of aryl methyl sites for hydroxylation is 5. The molecule has 2 heterocycles. The van der Waals surface area contributed by atoms with Crippen LogP contribution in [0.4, 0.5) is 11.4 Å². The average molecular weight is 353 g/mol. The summed E-state index contributed by atoms with van der Waals surface area (Å²) in [6, 6.07) is 16.2. The lowest BCUT2D eigenvalue weighted by Crippen LogP contribution is -2.35. The fraction of sp³-hybridized carbons (Fsp3) is 0.240. The molecule has 3 aromatic carbocycles. The average Bonchev–Trinajstić information content (AvgIpc) is 2.63. The Morgan fingerprint density at radius 3 is 2.22 bits per heavy atom. The van der Waals surface area contributed by atoms with Crippen LogP contribution in [0.25, 0.3) is 32.9 Å². The van der Waals surface area contributed by atoms with E-state index in [1.54, 1.807) is 0 Å². The standard InChI is InChI=1S/C25H25N2/c1-14-7-8-18-21(10-14)26(5)23-11-15(2)9-20-19-12-16(3)17(4)13-22(19)27(6)25(18)24(20)23/h7-13H,1-6H3/q+1. The molecule has 1 aliphatic heterocycles. The van der Waals surface area contributed by atoms with Crippen molar-refractivity contribution in [2.45, 2.75) is 27.7 Å². The number of fused-ring (bicyclic) bond motifs is 4. The summed E-state index contributed by atoms with van der Waals surface area (Å²) in [5.41, 5.74) is 11.8. The molecule has 2 heteroatoms. The SMILES string of the molecule is Cc1ccc2c(c1)N(C)c1cc(C)cc3c1c-2[n+](C)c1cc(C)c(C)cc31. The highest BCUT2D eigenvalue weighted by atomic mass is 15.1. The van der Waals surface area contributed by atoms with Gasteiger partial charge in [0.1, 0.15) is 7.05 Å². The van der Waals surface area contributed by atoms with E-state index in [1.807, 2.05) is 0 Å². The van der Waals surface area contributed by atoms with Crippen molar-refractivity contribution in [1.82, 2.24) is 0 Å². The van der Waals surface area contributed by atoms with Gasteiger partial charge >= 0.3 is 0 Å². The molecule has 4 aromatic rings. The maximum atomic E-state index is 2.39. The van der Waals surface area contributed by atoms with Gasteiger partial charge < -0.3 is 4.90 Å². The molecule has 0 aliphatic carbocycles. The number of aromatic nitrogens is 1. The third-order valence-electron chi connectivity index (χ3n) is 6.23. The first-order chi connectivity index (χ1) is 12.9. The van der Waals surface area contributed by atoms with E-state index in [2.05, 4.69) is 93.7 Å². The first-order valence-corrected chi connectivity index (χ1v) is 9.59. The van der Waals surface area contributed by atoms with Gasteiger partial charge in [-0.2, -0.15) is 4.57 Å². The van der Waals surface area contributed by atoms with Crippen molar-refractivity contribution in [1.29, 1.82) is 0 Å². The molecule has 1 aliphatic rings. The summed E-state index contributed by atoms with van der Waals surface area (Å²) in [4.78, 5) is 2.36. The third kappa shape index (κ3) is 2.10. The van der Waals surface area contributed by atoms with Crippen molar-refractivity contribution >= 4 is 33.1 Å². The Kier molecular flexibility index (Phi) is 3.22. The molecule has 0 radical (unpaired) electrons. The molecule has 0 amide bonds. The highest BCUT2D eigenvalue weighted by molar-refractivity contribution is 6.17. The lowest BCUT2D eigenvalue weighted by molar-refractivity contribution is -0.632. The lowest BCUT2D eigenvalue weighted by atomic mass is 9.90. The number of pyridine rings is 1. The van der Waals surface area contributed by atoms with Crippen LogP contribution < -0.4 is 9.47 Å². The minimum absolute atomic E-state index is 1.29. The van der Waals surface area contributed by atoms with Gasteiger partial charge in [0.15, 0.2) is 0 Å². The number of anilines is 2. The molecule has 0 spiro atoms. The van der Waals surface area contributed by atoms with Crippen LogP contribution >= 0.6 is 0 Å². The zero-order valence-corrected chi connectivity index (χ0v) is 16.9. The minimum atomic E-state index is 1.29. The van der Waals surface area contributed by atoms with Crippen LogP contribution in [0.2, 0.25) is 0 Å². The zero-order valence-electron chi connectivity index (χ0n) is 16.9.